The highest BCUT2D eigenvalue weighted by molar-refractivity contribution is 7.99. The van der Waals surface area contributed by atoms with Crippen molar-refractivity contribution in [3.63, 3.8) is 0 Å². The standard InChI is InChI=1S/C105H59Cl3O2S2/c106-71-47-53-87-82(56-71)79-25-15-33-95-98(79)104(87,89-28-8-11-32-94(89)111-95)69-44-38-63(39-45-69)96-74(48-51-81-78-23-5-10-31-93(78)112-102(81)96)65-19-13-21-67(55-65)76-49-50-80-83-57-72(107)46-52-86(83)103(88-27-7-9-30-91(88)109-101(76)99(80)103)68-42-36-62(37-43-68)64-18-12-20-66(54-64)75-24-14-29-90-100(75)110-92-59-73(108)58-84-77-22-4-6-26-85(77)105(90,97(84)92)70-40-34-61(35-41-70)60-16-2-1-3-17-60/h1-59H. The molecule has 24 rings (SSSR count). The number of ether oxygens (including phenoxy) is 2. The molecule has 0 saturated heterocycles. The van der Waals surface area contributed by atoms with Crippen molar-refractivity contribution in [3.05, 3.63) is 440 Å². The second kappa shape index (κ2) is 24.1. The number of fused-ring (bicyclic) bond motifs is 18. The topological polar surface area (TPSA) is 18.5 Å². The largest absolute Gasteiger partial charge is 0.456 e. The monoisotopic (exact) mass is 1520 g/mol. The molecule has 0 fully saturated rings. The van der Waals surface area contributed by atoms with Gasteiger partial charge in [0.05, 0.1) is 16.2 Å². The van der Waals surface area contributed by atoms with Gasteiger partial charge in [-0.2, -0.15) is 0 Å². The first kappa shape index (κ1) is 64.6. The molecule has 0 radical (unpaired) electrons. The first-order valence-corrected chi connectivity index (χ1v) is 40.7. The van der Waals surface area contributed by atoms with E-state index in [-0.39, 0.29) is 0 Å². The zero-order valence-corrected chi connectivity index (χ0v) is 63.7. The van der Waals surface area contributed by atoms with Crippen LogP contribution in [-0.4, -0.2) is 0 Å². The van der Waals surface area contributed by atoms with Gasteiger partial charge in [-0.3, -0.25) is 0 Å². The van der Waals surface area contributed by atoms with Gasteiger partial charge in [0.25, 0.3) is 0 Å². The minimum absolute atomic E-state index is 0.543. The van der Waals surface area contributed by atoms with Gasteiger partial charge in [0, 0.05) is 84.0 Å². The van der Waals surface area contributed by atoms with E-state index in [1.54, 1.807) is 0 Å². The Labute approximate surface area is 671 Å². The molecule has 3 unspecified atom stereocenters. The lowest BCUT2D eigenvalue weighted by Gasteiger charge is -2.40. The lowest BCUT2D eigenvalue weighted by Crippen LogP contribution is -2.32. The number of hydrogen-bond donors (Lipinski definition) is 0. The van der Waals surface area contributed by atoms with Crippen molar-refractivity contribution in [3.8, 4) is 123 Å². The van der Waals surface area contributed by atoms with Crippen LogP contribution >= 0.6 is 57.9 Å². The van der Waals surface area contributed by atoms with Gasteiger partial charge in [0.1, 0.15) is 23.0 Å². The molecule has 3 aliphatic heterocycles. The van der Waals surface area contributed by atoms with Crippen LogP contribution in [0.15, 0.2) is 368 Å². The summed E-state index contributed by atoms with van der Waals surface area (Å²) in [6.07, 6.45) is 0. The molecule has 0 amide bonds. The molecule has 0 N–H and O–H groups in total. The molecule has 0 spiro atoms. The van der Waals surface area contributed by atoms with Crippen LogP contribution in [0, 0.1) is 0 Å². The van der Waals surface area contributed by atoms with Crippen molar-refractivity contribution in [2.45, 2.75) is 26.0 Å². The first-order valence-electron chi connectivity index (χ1n) is 38.0. The van der Waals surface area contributed by atoms with Crippen molar-refractivity contribution >= 4 is 78.1 Å². The summed E-state index contributed by atoms with van der Waals surface area (Å²) in [5.41, 5.74) is 32.3. The maximum Gasteiger partial charge on any atom is 0.140 e. The molecule has 4 heterocycles. The third-order valence-electron chi connectivity index (χ3n) is 24.9. The molecule has 0 saturated carbocycles. The third kappa shape index (κ3) is 8.85. The maximum absolute atomic E-state index is 7.49. The van der Waals surface area contributed by atoms with Gasteiger partial charge in [-0.15, -0.1) is 11.3 Å². The number of hydrogen-bond acceptors (Lipinski definition) is 4. The van der Waals surface area contributed by atoms with Gasteiger partial charge in [0.15, 0.2) is 0 Å². The van der Waals surface area contributed by atoms with Crippen LogP contribution in [0.3, 0.4) is 0 Å². The highest BCUT2D eigenvalue weighted by Crippen LogP contribution is 2.69. The van der Waals surface area contributed by atoms with E-state index < -0.39 is 16.2 Å². The van der Waals surface area contributed by atoms with Crippen LogP contribution in [0.2, 0.25) is 15.1 Å². The van der Waals surface area contributed by atoms with Crippen LogP contribution in [0.5, 0.6) is 23.0 Å². The highest BCUT2D eigenvalue weighted by atomic mass is 35.5. The maximum atomic E-state index is 7.49. The van der Waals surface area contributed by atoms with Crippen LogP contribution in [-0.2, 0) is 16.2 Å². The molecule has 0 bridgehead atoms. The normalized spacial score (nSPS) is 16.9. The Morgan fingerprint density at radius 3 is 1.47 bits per heavy atom. The molecule has 1 aromatic heterocycles. The summed E-state index contributed by atoms with van der Waals surface area (Å²) >= 11 is 24.9. The van der Waals surface area contributed by atoms with Gasteiger partial charge < -0.3 is 9.47 Å². The van der Waals surface area contributed by atoms with Crippen LogP contribution in [0.1, 0.15) is 66.8 Å². The fourth-order valence-corrected chi connectivity index (χ4v) is 23.5. The summed E-state index contributed by atoms with van der Waals surface area (Å²) in [5.74, 6) is 3.22. The van der Waals surface area contributed by atoms with Gasteiger partial charge in [0.2, 0.25) is 0 Å². The molecular weight excluding hydrogens is 1460 g/mol. The van der Waals surface area contributed by atoms with E-state index >= 15 is 0 Å². The molecule has 524 valence electrons. The fourth-order valence-electron chi connectivity index (χ4n) is 20.4. The minimum Gasteiger partial charge on any atom is -0.456 e. The zero-order chi connectivity index (χ0) is 73.9. The SMILES string of the molecule is Clc1ccc2c(c1)-c1cccc3c1C2(c1ccc(-c2c(-c4cccc(-c5ccc6c7c5Oc5ccccc5C7(c5ccc(-c7cccc(-c8cccc9c8Oc8cc(Cl)cc%10c8C9(c8ccc(-c9ccccc9)cc8)c8ccccc8-%10)c7)cc5)c5ccc(Cl)cc5-6)c4)ccc4c2sc2ccccc24)cc1)c1ccccc1S3. The smallest absolute Gasteiger partial charge is 0.140 e. The van der Waals surface area contributed by atoms with Gasteiger partial charge in [-0.05, 0) is 207 Å². The van der Waals surface area contributed by atoms with Crippen molar-refractivity contribution in [1.82, 2.24) is 0 Å². The first-order chi connectivity index (χ1) is 55.2. The zero-order valence-electron chi connectivity index (χ0n) is 59.8. The van der Waals surface area contributed by atoms with Crippen molar-refractivity contribution in [1.29, 1.82) is 0 Å². The number of para-hydroxylation sites is 2. The molecular formula is C105H59Cl3O2S2. The average molecular weight is 1520 g/mol. The highest BCUT2D eigenvalue weighted by Gasteiger charge is 2.56. The molecule has 6 aliphatic rings. The molecule has 112 heavy (non-hydrogen) atoms. The summed E-state index contributed by atoms with van der Waals surface area (Å²) in [6, 6.07) is 132. The predicted octanol–water partition coefficient (Wildman–Crippen LogP) is 29.8. The van der Waals surface area contributed by atoms with Crippen LogP contribution < -0.4 is 9.47 Å². The molecule has 17 aromatic carbocycles. The summed E-state index contributed by atoms with van der Waals surface area (Å²) in [5, 5.41) is 4.56. The second-order valence-corrected chi connectivity index (χ2v) is 33.7. The Morgan fingerprint density at radius 2 is 0.723 bits per heavy atom. The quantitative estimate of drug-likeness (QED) is 0.143. The van der Waals surface area contributed by atoms with E-state index in [1.165, 1.54) is 85.6 Å². The summed E-state index contributed by atoms with van der Waals surface area (Å²) < 4.78 is 17.3. The van der Waals surface area contributed by atoms with Gasteiger partial charge >= 0.3 is 0 Å². The Kier molecular flexibility index (Phi) is 13.9. The lowest BCUT2D eigenvalue weighted by molar-refractivity contribution is 0.439. The van der Waals surface area contributed by atoms with E-state index in [4.69, 9.17) is 44.3 Å². The van der Waals surface area contributed by atoms with E-state index in [2.05, 4.69) is 346 Å². The number of benzene rings is 17. The van der Waals surface area contributed by atoms with Crippen molar-refractivity contribution < 1.29 is 9.47 Å². The number of halogens is 3. The van der Waals surface area contributed by atoms with E-state index in [1.807, 2.05) is 35.2 Å². The Balaban J connectivity index is 0.628. The second-order valence-electron chi connectivity index (χ2n) is 30.2. The van der Waals surface area contributed by atoms with Crippen molar-refractivity contribution in [2.75, 3.05) is 0 Å². The summed E-state index contributed by atoms with van der Waals surface area (Å²) in [7, 11) is 0. The molecule has 2 nitrogen and oxygen atoms in total. The predicted molar refractivity (Wildman–Crippen MR) is 463 cm³/mol. The Morgan fingerprint density at radius 1 is 0.241 bits per heavy atom. The van der Waals surface area contributed by atoms with Gasteiger partial charge in [-0.25, -0.2) is 0 Å². The summed E-state index contributed by atoms with van der Waals surface area (Å²) in [4.78, 5) is 2.54. The summed E-state index contributed by atoms with van der Waals surface area (Å²) in [6.45, 7) is 0. The Hall–Kier alpha value is -12.2. The van der Waals surface area contributed by atoms with Crippen molar-refractivity contribution in [2.24, 2.45) is 0 Å². The number of thiophene rings is 1. The fraction of sp³-hybridized carbons (Fsp3) is 0.0286. The van der Waals surface area contributed by atoms with E-state index in [0.29, 0.717) is 10.0 Å². The Bertz CT molecular complexity index is 7140. The van der Waals surface area contributed by atoms with E-state index in [0.717, 1.165) is 139 Å². The van der Waals surface area contributed by atoms with Crippen LogP contribution in [0.25, 0.3) is 120 Å². The van der Waals surface area contributed by atoms with E-state index in [9.17, 15) is 0 Å². The number of rotatable bonds is 9. The minimum atomic E-state index is -0.787. The van der Waals surface area contributed by atoms with Crippen LogP contribution in [0.4, 0.5) is 0 Å². The molecule has 18 aromatic rings. The lowest BCUT2D eigenvalue weighted by atomic mass is 9.65. The molecule has 3 atom stereocenters. The molecule has 7 heteroatoms. The van der Waals surface area contributed by atoms with Gasteiger partial charge in [-0.1, -0.05) is 326 Å². The third-order valence-corrected chi connectivity index (χ3v) is 27.9. The molecule has 3 aliphatic carbocycles. The average Bonchev–Trinajstić information content (AvgIpc) is 1.47.